The number of aromatic nitrogens is 3. The molecule has 0 bridgehead atoms. The van der Waals surface area contributed by atoms with E-state index in [-0.39, 0.29) is 0 Å². The number of nitrogens with one attached hydrogen (secondary N) is 2. The van der Waals surface area contributed by atoms with E-state index in [2.05, 4.69) is 27.1 Å². The smallest absolute Gasteiger partial charge is 0.229 e. The largest absolute Gasteiger partial charge is 0.347 e. The second kappa shape index (κ2) is 7.27. The third kappa shape index (κ3) is 3.09. The standard InChI is InChI=1S/C19H25N7/c1-2-15-12-25(13-20)17-11-22-19(23-14-7-9-21-10-8-14)24-18(17)26(15)16-5-3-4-6-16/h7-11,13,15-16,20H,2-6,12H2,1H3,(H,21,22,23,24). The summed E-state index contributed by atoms with van der Waals surface area (Å²) in [6.45, 7) is 3.04. The average molecular weight is 351 g/mol. The van der Waals surface area contributed by atoms with E-state index >= 15 is 0 Å². The van der Waals surface area contributed by atoms with Crippen molar-refractivity contribution in [3.05, 3.63) is 30.7 Å². The van der Waals surface area contributed by atoms with Gasteiger partial charge in [-0.25, -0.2) is 4.98 Å². The van der Waals surface area contributed by atoms with Crippen LogP contribution < -0.4 is 15.1 Å². The van der Waals surface area contributed by atoms with Gasteiger partial charge in [0.1, 0.15) is 5.69 Å². The molecule has 7 heteroatoms. The Morgan fingerprint density at radius 2 is 2.04 bits per heavy atom. The lowest BCUT2D eigenvalue weighted by atomic mass is 10.0. The number of nitrogens with zero attached hydrogens (tertiary/aromatic N) is 5. The second-order valence-corrected chi connectivity index (χ2v) is 6.95. The van der Waals surface area contributed by atoms with Gasteiger partial charge in [0.15, 0.2) is 5.82 Å². The van der Waals surface area contributed by atoms with Gasteiger partial charge in [-0.15, -0.1) is 0 Å². The maximum atomic E-state index is 7.81. The van der Waals surface area contributed by atoms with E-state index in [0.29, 0.717) is 18.0 Å². The highest BCUT2D eigenvalue weighted by Crippen LogP contribution is 2.39. The minimum absolute atomic E-state index is 0.371. The maximum Gasteiger partial charge on any atom is 0.229 e. The molecule has 3 heterocycles. The molecule has 1 atom stereocenters. The van der Waals surface area contributed by atoms with Crippen molar-refractivity contribution in [1.29, 1.82) is 5.41 Å². The number of fused-ring (bicyclic) bond motifs is 1. The molecular formula is C19H25N7. The summed E-state index contributed by atoms with van der Waals surface area (Å²) in [4.78, 5) is 17.9. The van der Waals surface area contributed by atoms with Gasteiger partial charge < -0.3 is 15.1 Å². The van der Waals surface area contributed by atoms with Crippen LogP contribution in [0, 0.1) is 5.41 Å². The Labute approximate surface area is 154 Å². The fourth-order valence-electron chi connectivity index (χ4n) is 4.07. The Balaban J connectivity index is 1.72. The number of hydrogen-bond acceptors (Lipinski definition) is 6. The summed E-state index contributed by atoms with van der Waals surface area (Å²) in [6, 6.07) is 4.71. The van der Waals surface area contributed by atoms with Crippen molar-refractivity contribution in [2.75, 3.05) is 21.7 Å². The molecule has 1 aliphatic carbocycles. The van der Waals surface area contributed by atoms with Gasteiger partial charge >= 0.3 is 0 Å². The summed E-state index contributed by atoms with van der Waals surface area (Å²) in [5, 5.41) is 11.1. The molecule has 4 rings (SSSR count). The van der Waals surface area contributed by atoms with Gasteiger partial charge in [-0.1, -0.05) is 19.8 Å². The first kappa shape index (κ1) is 16.8. The van der Waals surface area contributed by atoms with Gasteiger partial charge in [0.05, 0.1) is 12.5 Å². The molecule has 1 fully saturated rings. The van der Waals surface area contributed by atoms with Crippen LogP contribution in [0.5, 0.6) is 0 Å². The first-order valence-electron chi connectivity index (χ1n) is 9.39. The predicted molar refractivity (Wildman–Crippen MR) is 104 cm³/mol. The van der Waals surface area contributed by atoms with Gasteiger partial charge in [-0.2, -0.15) is 4.98 Å². The lowest BCUT2D eigenvalue weighted by molar-refractivity contribution is 0.483. The van der Waals surface area contributed by atoms with Crippen LogP contribution in [-0.2, 0) is 0 Å². The monoisotopic (exact) mass is 351 g/mol. The SMILES string of the molecule is CCC1CN(C=N)c2cnc(Nc3ccncc3)nc2N1C1CCCC1. The highest BCUT2D eigenvalue weighted by atomic mass is 15.4. The topological polar surface area (TPSA) is 81.0 Å². The highest BCUT2D eigenvalue weighted by molar-refractivity contribution is 5.85. The first-order valence-corrected chi connectivity index (χ1v) is 9.39. The number of hydrogen-bond donors (Lipinski definition) is 2. The van der Waals surface area contributed by atoms with Crippen LogP contribution in [0.4, 0.5) is 23.1 Å². The average Bonchev–Trinajstić information content (AvgIpc) is 3.21. The van der Waals surface area contributed by atoms with Crippen LogP contribution in [0.15, 0.2) is 30.7 Å². The van der Waals surface area contributed by atoms with Crippen molar-refractivity contribution < 1.29 is 0 Å². The Kier molecular flexibility index (Phi) is 4.69. The van der Waals surface area contributed by atoms with Gasteiger partial charge in [0, 0.05) is 36.7 Å². The van der Waals surface area contributed by atoms with Gasteiger partial charge in [-0.05, 0) is 31.4 Å². The van der Waals surface area contributed by atoms with Crippen molar-refractivity contribution in [3.8, 4) is 0 Å². The molecule has 0 aromatic carbocycles. The fraction of sp³-hybridized carbons (Fsp3) is 0.474. The molecule has 2 N–H and O–H groups in total. The van der Waals surface area contributed by atoms with Crippen LogP contribution in [0.2, 0.25) is 0 Å². The van der Waals surface area contributed by atoms with Crippen molar-refractivity contribution in [2.24, 2.45) is 0 Å². The van der Waals surface area contributed by atoms with E-state index in [1.54, 1.807) is 12.4 Å². The van der Waals surface area contributed by atoms with Gasteiger partial charge in [0.2, 0.25) is 5.95 Å². The van der Waals surface area contributed by atoms with E-state index in [1.807, 2.05) is 23.2 Å². The van der Waals surface area contributed by atoms with Crippen molar-refractivity contribution in [1.82, 2.24) is 15.0 Å². The molecule has 0 radical (unpaired) electrons. The Morgan fingerprint density at radius 3 is 2.73 bits per heavy atom. The second-order valence-electron chi connectivity index (χ2n) is 6.95. The molecule has 1 aliphatic heterocycles. The zero-order valence-corrected chi connectivity index (χ0v) is 15.1. The molecule has 1 saturated carbocycles. The molecule has 0 amide bonds. The molecule has 26 heavy (non-hydrogen) atoms. The first-order chi connectivity index (χ1) is 12.8. The van der Waals surface area contributed by atoms with Crippen molar-refractivity contribution in [2.45, 2.75) is 51.1 Å². The number of rotatable bonds is 5. The molecule has 2 aromatic rings. The Hall–Kier alpha value is -2.70. The zero-order chi connectivity index (χ0) is 17.9. The fourth-order valence-corrected chi connectivity index (χ4v) is 4.07. The molecule has 136 valence electrons. The molecule has 0 spiro atoms. The van der Waals surface area contributed by atoms with Crippen LogP contribution in [-0.4, -0.2) is 39.9 Å². The lowest BCUT2D eigenvalue weighted by Crippen LogP contribution is -2.52. The minimum atomic E-state index is 0.371. The van der Waals surface area contributed by atoms with Crippen LogP contribution >= 0.6 is 0 Å². The number of anilines is 4. The summed E-state index contributed by atoms with van der Waals surface area (Å²) in [6.07, 6.45) is 12.8. The summed E-state index contributed by atoms with van der Waals surface area (Å²) in [5.74, 6) is 1.53. The van der Waals surface area contributed by atoms with E-state index in [9.17, 15) is 0 Å². The summed E-state index contributed by atoms with van der Waals surface area (Å²) >= 11 is 0. The van der Waals surface area contributed by atoms with Crippen LogP contribution in [0.1, 0.15) is 39.0 Å². The molecule has 1 unspecified atom stereocenters. The predicted octanol–water partition coefficient (Wildman–Crippen LogP) is 3.57. The third-order valence-corrected chi connectivity index (χ3v) is 5.39. The molecule has 7 nitrogen and oxygen atoms in total. The molecule has 0 saturated heterocycles. The quantitative estimate of drug-likeness (QED) is 0.633. The van der Waals surface area contributed by atoms with Gasteiger partial charge in [-0.3, -0.25) is 10.4 Å². The van der Waals surface area contributed by atoms with Crippen molar-refractivity contribution in [3.63, 3.8) is 0 Å². The van der Waals surface area contributed by atoms with Crippen LogP contribution in [0.3, 0.4) is 0 Å². The lowest BCUT2D eigenvalue weighted by Gasteiger charge is -2.44. The third-order valence-electron chi connectivity index (χ3n) is 5.39. The van der Waals surface area contributed by atoms with Crippen molar-refractivity contribution >= 4 is 29.5 Å². The van der Waals surface area contributed by atoms with E-state index < -0.39 is 0 Å². The number of pyridine rings is 1. The summed E-state index contributed by atoms with van der Waals surface area (Å²) < 4.78 is 0. The summed E-state index contributed by atoms with van der Waals surface area (Å²) in [5.41, 5.74) is 1.84. The molecule has 2 aliphatic rings. The Morgan fingerprint density at radius 1 is 1.27 bits per heavy atom. The summed E-state index contributed by atoms with van der Waals surface area (Å²) in [7, 11) is 0. The maximum absolute atomic E-state index is 7.81. The normalized spacial score (nSPS) is 20.1. The van der Waals surface area contributed by atoms with E-state index in [4.69, 9.17) is 10.4 Å². The van der Waals surface area contributed by atoms with E-state index in [0.717, 1.165) is 30.2 Å². The molecule has 2 aromatic heterocycles. The highest BCUT2D eigenvalue weighted by Gasteiger charge is 2.36. The zero-order valence-electron chi connectivity index (χ0n) is 15.1. The van der Waals surface area contributed by atoms with Gasteiger partial charge in [0.25, 0.3) is 0 Å². The minimum Gasteiger partial charge on any atom is -0.347 e. The van der Waals surface area contributed by atoms with Crippen LogP contribution in [0.25, 0.3) is 0 Å². The Bertz CT molecular complexity index is 758. The van der Waals surface area contributed by atoms with E-state index in [1.165, 1.54) is 32.0 Å². The molecular weight excluding hydrogens is 326 g/mol.